The van der Waals surface area contributed by atoms with Crippen LogP contribution < -0.4 is 9.47 Å². The number of aryl methyl sites for hydroxylation is 1. The van der Waals surface area contributed by atoms with Gasteiger partial charge in [-0.3, -0.25) is 0 Å². The SMILES string of the molecule is COc1cc(C(=O)O)ccc1OC(C)(C)c1nccn1C. The van der Waals surface area contributed by atoms with Gasteiger partial charge in [0.1, 0.15) is 0 Å². The predicted molar refractivity (Wildman–Crippen MR) is 76.8 cm³/mol. The van der Waals surface area contributed by atoms with Crippen molar-refractivity contribution in [3.8, 4) is 11.5 Å². The molecule has 112 valence electrons. The molecule has 0 atom stereocenters. The maximum absolute atomic E-state index is 11.0. The average molecular weight is 290 g/mol. The molecule has 1 N–H and O–H groups in total. The van der Waals surface area contributed by atoms with Gasteiger partial charge in [-0.1, -0.05) is 0 Å². The Labute approximate surface area is 122 Å². The molecule has 0 aliphatic rings. The van der Waals surface area contributed by atoms with Crippen molar-refractivity contribution in [3.63, 3.8) is 0 Å². The van der Waals surface area contributed by atoms with Crippen molar-refractivity contribution >= 4 is 5.97 Å². The van der Waals surface area contributed by atoms with Crippen LogP contribution in [0, 0.1) is 0 Å². The number of carboxylic acids is 1. The van der Waals surface area contributed by atoms with Gasteiger partial charge in [-0.2, -0.15) is 0 Å². The van der Waals surface area contributed by atoms with Crippen molar-refractivity contribution in [1.29, 1.82) is 0 Å². The lowest BCUT2D eigenvalue weighted by Gasteiger charge is -2.26. The monoisotopic (exact) mass is 290 g/mol. The summed E-state index contributed by atoms with van der Waals surface area (Å²) in [6.07, 6.45) is 3.54. The number of imidazole rings is 1. The van der Waals surface area contributed by atoms with E-state index in [1.807, 2.05) is 31.7 Å². The molecule has 21 heavy (non-hydrogen) atoms. The molecule has 0 aliphatic heterocycles. The van der Waals surface area contributed by atoms with E-state index in [1.54, 1.807) is 12.3 Å². The van der Waals surface area contributed by atoms with Crippen LogP contribution in [0.1, 0.15) is 30.0 Å². The zero-order valence-corrected chi connectivity index (χ0v) is 12.5. The van der Waals surface area contributed by atoms with Crippen LogP contribution in [0.2, 0.25) is 0 Å². The van der Waals surface area contributed by atoms with E-state index in [0.29, 0.717) is 11.5 Å². The Hall–Kier alpha value is -2.50. The fourth-order valence-electron chi connectivity index (χ4n) is 2.15. The van der Waals surface area contributed by atoms with Crippen molar-refractivity contribution in [2.24, 2.45) is 7.05 Å². The lowest BCUT2D eigenvalue weighted by molar-refractivity contribution is 0.0695. The Morgan fingerprint density at radius 1 is 1.33 bits per heavy atom. The van der Waals surface area contributed by atoms with Gasteiger partial charge in [-0.05, 0) is 32.0 Å². The van der Waals surface area contributed by atoms with Gasteiger partial charge >= 0.3 is 5.97 Å². The van der Waals surface area contributed by atoms with Crippen LogP contribution in [0.15, 0.2) is 30.6 Å². The molecule has 0 aliphatic carbocycles. The van der Waals surface area contributed by atoms with Gasteiger partial charge in [0.05, 0.1) is 12.7 Å². The normalized spacial score (nSPS) is 11.2. The minimum absolute atomic E-state index is 0.147. The number of hydrogen-bond acceptors (Lipinski definition) is 4. The molecule has 6 nitrogen and oxygen atoms in total. The molecule has 0 radical (unpaired) electrons. The largest absolute Gasteiger partial charge is 0.493 e. The minimum Gasteiger partial charge on any atom is -0.493 e. The Kier molecular flexibility index (Phi) is 3.88. The van der Waals surface area contributed by atoms with Crippen LogP contribution in [0.25, 0.3) is 0 Å². The van der Waals surface area contributed by atoms with Crippen LogP contribution >= 0.6 is 0 Å². The molecule has 2 rings (SSSR count). The third-order valence-corrected chi connectivity index (χ3v) is 3.14. The van der Waals surface area contributed by atoms with E-state index in [9.17, 15) is 4.79 Å². The van der Waals surface area contributed by atoms with E-state index in [1.165, 1.54) is 19.2 Å². The molecule has 6 heteroatoms. The van der Waals surface area contributed by atoms with Crippen molar-refractivity contribution in [2.75, 3.05) is 7.11 Å². The Morgan fingerprint density at radius 2 is 2.05 bits per heavy atom. The summed E-state index contributed by atoms with van der Waals surface area (Å²) in [7, 11) is 3.36. The van der Waals surface area contributed by atoms with Crippen molar-refractivity contribution in [3.05, 3.63) is 42.0 Å². The Bertz CT molecular complexity index is 661. The molecule has 0 amide bonds. The molecule has 1 aromatic heterocycles. The van der Waals surface area contributed by atoms with E-state index in [2.05, 4.69) is 4.98 Å². The molecule has 1 heterocycles. The molecule has 0 spiro atoms. The maximum atomic E-state index is 11.0. The Balaban J connectivity index is 2.35. The number of hydrogen-bond donors (Lipinski definition) is 1. The van der Waals surface area contributed by atoms with Gasteiger partial charge in [-0.15, -0.1) is 0 Å². The summed E-state index contributed by atoms with van der Waals surface area (Å²) in [5.74, 6) is 0.586. The highest BCUT2D eigenvalue weighted by atomic mass is 16.5. The van der Waals surface area contributed by atoms with Crippen molar-refractivity contribution < 1.29 is 19.4 Å². The lowest BCUT2D eigenvalue weighted by Crippen LogP contribution is -2.29. The first-order chi connectivity index (χ1) is 9.85. The molecule has 1 aromatic carbocycles. The standard InChI is InChI=1S/C15H18N2O4/c1-15(2,14-16-7-8-17(14)3)21-11-6-5-10(13(18)19)9-12(11)20-4/h5-9H,1-4H3,(H,18,19). The van der Waals surface area contributed by atoms with Crippen LogP contribution in [-0.4, -0.2) is 27.7 Å². The second kappa shape index (κ2) is 5.47. The van der Waals surface area contributed by atoms with Crippen LogP contribution in [0.4, 0.5) is 0 Å². The van der Waals surface area contributed by atoms with Gasteiger partial charge in [0.2, 0.25) is 0 Å². The smallest absolute Gasteiger partial charge is 0.335 e. The summed E-state index contributed by atoms with van der Waals surface area (Å²) in [6, 6.07) is 4.51. The number of carbonyl (C=O) groups is 1. The first kappa shape index (κ1) is 14.9. The number of aromatic nitrogens is 2. The molecule has 0 bridgehead atoms. The number of rotatable bonds is 5. The molecule has 2 aromatic rings. The fourth-order valence-corrected chi connectivity index (χ4v) is 2.15. The van der Waals surface area contributed by atoms with Crippen LogP contribution in [0.3, 0.4) is 0 Å². The predicted octanol–water partition coefficient (Wildman–Crippen LogP) is 2.44. The summed E-state index contributed by atoms with van der Waals surface area (Å²) in [6.45, 7) is 3.78. The fraction of sp³-hybridized carbons (Fsp3) is 0.333. The number of methoxy groups -OCH3 is 1. The number of carboxylic acid groups (broad SMARTS) is 1. The van der Waals surface area contributed by atoms with Gasteiger partial charge in [0.25, 0.3) is 0 Å². The van der Waals surface area contributed by atoms with Gasteiger partial charge in [0, 0.05) is 19.4 Å². The highest BCUT2D eigenvalue weighted by Gasteiger charge is 2.28. The zero-order valence-electron chi connectivity index (χ0n) is 12.5. The third-order valence-electron chi connectivity index (χ3n) is 3.14. The van der Waals surface area contributed by atoms with Crippen molar-refractivity contribution in [1.82, 2.24) is 9.55 Å². The van der Waals surface area contributed by atoms with E-state index in [-0.39, 0.29) is 5.56 Å². The molecule has 0 unspecified atom stereocenters. The first-order valence-electron chi connectivity index (χ1n) is 6.43. The van der Waals surface area contributed by atoms with Crippen LogP contribution in [-0.2, 0) is 12.6 Å². The number of aromatic carboxylic acids is 1. The van der Waals surface area contributed by atoms with Gasteiger partial charge < -0.3 is 19.1 Å². The number of nitrogens with zero attached hydrogens (tertiary/aromatic N) is 2. The van der Waals surface area contributed by atoms with Gasteiger partial charge in [0.15, 0.2) is 22.9 Å². The van der Waals surface area contributed by atoms with E-state index < -0.39 is 11.6 Å². The third kappa shape index (κ3) is 2.99. The minimum atomic E-state index is -1.01. The summed E-state index contributed by atoms with van der Waals surface area (Å²) >= 11 is 0. The molecular formula is C15H18N2O4. The molecule has 0 saturated heterocycles. The summed E-state index contributed by atoms with van der Waals surface area (Å²) in [5, 5.41) is 9.01. The number of ether oxygens (including phenoxy) is 2. The highest BCUT2D eigenvalue weighted by molar-refractivity contribution is 5.88. The topological polar surface area (TPSA) is 73.6 Å². The highest BCUT2D eigenvalue weighted by Crippen LogP contribution is 2.34. The quantitative estimate of drug-likeness (QED) is 0.915. The summed E-state index contributed by atoms with van der Waals surface area (Å²) < 4.78 is 13.1. The van der Waals surface area contributed by atoms with Crippen LogP contribution in [0.5, 0.6) is 11.5 Å². The number of benzene rings is 1. The Morgan fingerprint density at radius 3 is 2.57 bits per heavy atom. The maximum Gasteiger partial charge on any atom is 0.335 e. The molecule has 0 fully saturated rings. The zero-order chi connectivity index (χ0) is 15.6. The van der Waals surface area contributed by atoms with Crippen molar-refractivity contribution in [2.45, 2.75) is 19.4 Å². The average Bonchev–Trinajstić information content (AvgIpc) is 2.85. The first-order valence-corrected chi connectivity index (χ1v) is 6.43. The van der Waals surface area contributed by atoms with Gasteiger partial charge in [-0.25, -0.2) is 9.78 Å². The second-order valence-corrected chi connectivity index (χ2v) is 5.14. The second-order valence-electron chi connectivity index (χ2n) is 5.14. The van der Waals surface area contributed by atoms with E-state index >= 15 is 0 Å². The molecule has 0 saturated carbocycles. The molecular weight excluding hydrogens is 272 g/mol. The van der Waals surface area contributed by atoms with E-state index in [4.69, 9.17) is 14.6 Å². The lowest BCUT2D eigenvalue weighted by atomic mass is 10.1. The van der Waals surface area contributed by atoms with E-state index in [0.717, 1.165) is 5.82 Å². The summed E-state index contributed by atoms with van der Waals surface area (Å²) in [5.41, 5.74) is -0.537. The summed E-state index contributed by atoms with van der Waals surface area (Å²) in [4.78, 5) is 15.3.